The Kier molecular flexibility index (Phi) is 17.4. The highest BCUT2D eigenvalue weighted by Gasteiger charge is 1.88. The van der Waals surface area contributed by atoms with Crippen molar-refractivity contribution in [2.24, 2.45) is 0 Å². The number of carbonyl (C=O) groups is 1. The van der Waals surface area contributed by atoms with Gasteiger partial charge < -0.3 is 15.3 Å². The molecule has 0 saturated heterocycles. The molecule has 74 valence electrons. The third kappa shape index (κ3) is 22.4. The number of aliphatic hydroxyl groups excluding tert-OH is 2. The Morgan fingerprint density at radius 1 is 1.25 bits per heavy atom. The van der Waals surface area contributed by atoms with Gasteiger partial charge in [0.05, 0.1) is 18.3 Å². The van der Waals surface area contributed by atoms with Crippen LogP contribution in [0.2, 0.25) is 0 Å². The summed E-state index contributed by atoms with van der Waals surface area (Å²) >= 11 is 3.68. The highest BCUT2D eigenvalue weighted by Crippen LogP contribution is 2.16. The predicted octanol–water partition coefficient (Wildman–Crippen LogP) is 0.658. The summed E-state index contributed by atoms with van der Waals surface area (Å²) < 4.78 is 0. The highest BCUT2D eigenvalue weighted by atomic mass is 33.1. The summed E-state index contributed by atoms with van der Waals surface area (Å²) in [6.07, 6.45) is 0.156. The van der Waals surface area contributed by atoms with Crippen LogP contribution < -0.4 is 0 Å². The van der Waals surface area contributed by atoms with Crippen molar-refractivity contribution in [2.75, 3.05) is 17.6 Å². The number of rotatable bonds is 5. The third-order valence-electron chi connectivity index (χ3n) is 0.514. The van der Waals surface area contributed by atoms with Crippen molar-refractivity contribution in [3.63, 3.8) is 0 Å². The van der Waals surface area contributed by atoms with Crippen LogP contribution in [0.15, 0.2) is 0 Å². The van der Waals surface area contributed by atoms with Crippen LogP contribution in [-0.4, -0.2) is 38.9 Å². The van der Waals surface area contributed by atoms with Crippen LogP contribution >= 0.6 is 34.2 Å². The zero-order valence-corrected chi connectivity index (χ0v) is 8.87. The lowest BCUT2D eigenvalue weighted by atomic mass is 10.5. The monoisotopic (exact) mass is 232 g/mol. The van der Waals surface area contributed by atoms with E-state index in [2.05, 4.69) is 12.6 Å². The van der Waals surface area contributed by atoms with Gasteiger partial charge >= 0.3 is 5.97 Å². The van der Waals surface area contributed by atoms with Gasteiger partial charge in [0.15, 0.2) is 0 Å². The first-order valence-corrected chi connectivity index (χ1v) is 6.09. The Labute approximate surface area is 84.6 Å². The maximum absolute atomic E-state index is 9.55. The Hall–Kier alpha value is 0.440. The Bertz CT molecular complexity index is 96.7. The molecule has 4 nitrogen and oxygen atoms in total. The number of hydrogen-bond donors (Lipinski definition) is 4. The molecular formula is C5H12O4S3. The number of hydrogen-bond acceptors (Lipinski definition) is 6. The maximum atomic E-state index is 9.55. The van der Waals surface area contributed by atoms with Gasteiger partial charge in [-0.1, -0.05) is 21.6 Å². The minimum atomic E-state index is -0.787. The van der Waals surface area contributed by atoms with Crippen molar-refractivity contribution in [2.45, 2.75) is 6.42 Å². The molecule has 0 aromatic carbocycles. The number of carboxylic acid groups (broad SMARTS) is 1. The largest absolute Gasteiger partial charge is 0.481 e. The van der Waals surface area contributed by atoms with Gasteiger partial charge in [-0.2, -0.15) is 12.6 Å². The Morgan fingerprint density at radius 2 is 1.67 bits per heavy atom. The van der Waals surface area contributed by atoms with E-state index in [1.807, 2.05) is 0 Å². The lowest BCUT2D eigenvalue weighted by Gasteiger charge is -1.85. The number of carboxylic acids is 1. The molecular weight excluding hydrogens is 220 g/mol. The molecule has 0 unspecified atom stereocenters. The lowest BCUT2D eigenvalue weighted by molar-refractivity contribution is -0.136. The van der Waals surface area contributed by atoms with Crippen molar-refractivity contribution in [1.29, 1.82) is 0 Å². The van der Waals surface area contributed by atoms with Gasteiger partial charge in [-0.15, -0.1) is 0 Å². The van der Waals surface area contributed by atoms with Crippen molar-refractivity contribution in [1.82, 2.24) is 0 Å². The van der Waals surface area contributed by atoms with Crippen molar-refractivity contribution in [3.8, 4) is 0 Å². The summed E-state index contributed by atoms with van der Waals surface area (Å²) in [4.78, 5) is 9.55. The summed E-state index contributed by atoms with van der Waals surface area (Å²) in [5.74, 6) is -0.212. The maximum Gasteiger partial charge on any atom is 0.304 e. The molecule has 0 aliphatic carbocycles. The number of aliphatic hydroxyl groups is 2. The van der Waals surface area contributed by atoms with E-state index in [1.54, 1.807) is 0 Å². The van der Waals surface area contributed by atoms with Crippen LogP contribution in [0, 0.1) is 0 Å². The highest BCUT2D eigenvalue weighted by molar-refractivity contribution is 8.76. The second-order valence-electron chi connectivity index (χ2n) is 1.36. The SMILES string of the molecule is O=C(O)CCS.OCSSCO. The average molecular weight is 232 g/mol. The van der Waals surface area contributed by atoms with E-state index in [0.29, 0.717) is 5.75 Å². The fraction of sp³-hybridized carbons (Fsp3) is 0.800. The van der Waals surface area contributed by atoms with Crippen LogP contribution in [0.25, 0.3) is 0 Å². The predicted molar refractivity (Wildman–Crippen MR) is 55.5 cm³/mol. The molecule has 0 heterocycles. The molecule has 0 amide bonds. The van der Waals surface area contributed by atoms with E-state index in [9.17, 15) is 4.79 Å². The summed E-state index contributed by atoms with van der Waals surface area (Å²) in [6.45, 7) is 0. The molecule has 12 heavy (non-hydrogen) atoms. The van der Waals surface area contributed by atoms with Crippen molar-refractivity contribution < 1.29 is 20.1 Å². The zero-order chi connectivity index (χ0) is 9.82. The number of aliphatic carboxylic acids is 1. The van der Waals surface area contributed by atoms with E-state index in [0.717, 1.165) is 0 Å². The van der Waals surface area contributed by atoms with E-state index in [1.165, 1.54) is 21.6 Å². The molecule has 0 radical (unpaired) electrons. The smallest absolute Gasteiger partial charge is 0.304 e. The van der Waals surface area contributed by atoms with Gasteiger partial charge in [0.1, 0.15) is 0 Å². The molecule has 0 aliphatic rings. The molecule has 0 rings (SSSR count). The summed E-state index contributed by atoms with van der Waals surface area (Å²) in [5, 5.41) is 23.9. The van der Waals surface area contributed by atoms with Gasteiger partial charge in [0, 0.05) is 5.75 Å². The molecule has 3 N–H and O–H groups in total. The van der Waals surface area contributed by atoms with Crippen molar-refractivity contribution >= 4 is 40.2 Å². The van der Waals surface area contributed by atoms with E-state index in [-0.39, 0.29) is 18.3 Å². The van der Waals surface area contributed by atoms with Gasteiger partial charge in [-0.25, -0.2) is 0 Å². The van der Waals surface area contributed by atoms with Gasteiger partial charge in [0.2, 0.25) is 0 Å². The average Bonchev–Trinajstić information content (AvgIpc) is 2.02. The van der Waals surface area contributed by atoms with Crippen LogP contribution in [0.5, 0.6) is 0 Å². The minimum Gasteiger partial charge on any atom is -0.481 e. The first-order chi connectivity index (χ1) is 5.68. The fourth-order valence-electron chi connectivity index (χ4n) is 0.170. The Balaban J connectivity index is 0. The minimum absolute atomic E-state index is 0.0746. The van der Waals surface area contributed by atoms with Crippen LogP contribution in [0.1, 0.15) is 6.42 Å². The first-order valence-electron chi connectivity index (χ1n) is 2.97. The van der Waals surface area contributed by atoms with Crippen LogP contribution in [-0.2, 0) is 4.79 Å². The second kappa shape index (κ2) is 14.0. The molecule has 7 heteroatoms. The molecule has 0 bridgehead atoms. The normalized spacial score (nSPS) is 8.58. The topological polar surface area (TPSA) is 77.8 Å². The molecule has 0 saturated carbocycles. The molecule has 0 atom stereocenters. The molecule has 0 aromatic heterocycles. The van der Waals surface area contributed by atoms with Crippen LogP contribution in [0.3, 0.4) is 0 Å². The quantitative estimate of drug-likeness (QED) is 0.241. The van der Waals surface area contributed by atoms with Gasteiger partial charge in [-0.05, 0) is 0 Å². The summed E-state index contributed by atoms with van der Waals surface area (Å²) in [6, 6.07) is 0. The lowest BCUT2D eigenvalue weighted by Crippen LogP contribution is -1.93. The summed E-state index contributed by atoms with van der Waals surface area (Å²) in [7, 11) is 2.46. The van der Waals surface area contributed by atoms with Gasteiger partial charge in [0.25, 0.3) is 0 Å². The zero-order valence-electron chi connectivity index (χ0n) is 6.34. The Morgan fingerprint density at radius 3 is 1.75 bits per heavy atom. The standard InChI is InChI=1S/C3H6O2S.C2H6O2S2/c4-3(5)1-2-6;3-1-5-6-2-4/h6H,1-2H2,(H,4,5);3-4H,1-2H2. The third-order valence-corrected chi connectivity index (χ3v) is 2.25. The first kappa shape index (κ1) is 14.9. The fourth-order valence-corrected chi connectivity index (χ4v) is 0.958. The molecule has 0 aliphatic heterocycles. The van der Waals surface area contributed by atoms with E-state index >= 15 is 0 Å². The van der Waals surface area contributed by atoms with Crippen LogP contribution in [0.4, 0.5) is 0 Å². The molecule has 0 aromatic rings. The second-order valence-corrected chi connectivity index (χ2v) is 4.21. The van der Waals surface area contributed by atoms with E-state index < -0.39 is 5.97 Å². The van der Waals surface area contributed by atoms with E-state index in [4.69, 9.17) is 15.3 Å². The molecule has 0 fully saturated rings. The summed E-state index contributed by atoms with van der Waals surface area (Å²) in [5.41, 5.74) is 0. The molecule has 0 spiro atoms. The van der Waals surface area contributed by atoms with Gasteiger partial charge in [-0.3, -0.25) is 4.79 Å². The van der Waals surface area contributed by atoms with Crippen molar-refractivity contribution in [3.05, 3.63) is 0 Å². The number of thiol groups is 1.